The molecular formula is C13H10FNO2. The number of halogens is 1. The average molecular weight is 231 g/mol. The normalized spacial score (nSPS) is 10.2. The number of ketones is 1. The van der Waals surface area contributed by atoms with Crippen LogP contribution in [0.15, 0.2) is 42.7 Å². The molecule has 1 aromatic carbocycles. The van der Waals surface area contributed by atoms with Crippen molar-refractivity contribution in [3.05, 3.63) is 65.2 Å². The maximum Gasteiger partial charge on any atom is 0.194 e. The van der Waals surface area contributed by atoms with E-state index in [2.05, 4.69) is 4.98 Å². The molecule has 0 fully saturated rings. The monoisotopic (exact) mass is 231 g/mol. The first-order valence-corrected chi connectivity index (χ1v) is 5.06. The minimum atomic E-state index is -0.385. The van der Waals surface area contributed by atoms with Gasteiger partial charge in [0.05, 0.1) is 6.61 Å². The van der Waals surface area contributed by atoms with Crippen molar-refractivity contribution in [2.45, 2.75) is 6.61 Å². The Kier molecular flexibility index (Phi) is 3.25. The third-order valence-corrected chi connectivity index (χ3v) is 2.35. The lowest BCUT2D eigenvalue weighted by molar-refractivity contribution is 0.103. The molecule has 0 atom stereocenters. The Balaban J connectivity index is 2.33. The molecule has 0 saturated heterocycles. The van der Waals surface area contributed by atoms with Crippen LogP contribution in [0.4, 0.5) is 4.39 Å². The number of aromatic nitrogens is 1. The van der Waals surface area contributed by atoms with Crippen molar-refractivity contribution < 1.29 is 14.3 Å². The molecule has 0 saturated carbocycles. The first kappa shape index (κ1) is 11.4. The number of aliphatic hydroxyl groups excluding tert-OH is 1. The summed E-state index contributed by atoms with van der Waals surface area (Å²) in [6.07, 6.45) is 2.91. The maximum absolute atomic E-state index is 12.7. The number of hydrogen-bond donors (Lipinski definition) is 1. The predicted octanol–water partition coefficient (Wildman–Crippen LogP) is 1.94. The number of nitrogens with zero attached hydrogens (tertiary/aromatic N) is 1. The highest BCUT2D eigenvalue weighted by Crippen LogP contribution is 2.11. The Morgan fingerprint density at radius 3 is 2.53 bits per heavy atom. The van der Waals surface area contributed by atoms with E-state index in [-0.39, 0.29) is 18.2 Å². The van der Waals surface area contributed by atoms with Gasteiger partial charge in [0.25, 0.3) is 0 Å². The van der Waals surface area contributed by atoms with E-state index in [9.17, 15) is 9.18 Å². The van der Waals surface area contributed by atoms with E-state index in [1.54, 1.807) is 6.07 Å². The number of carbonyl (C=O) groups is 1. The Morgan fingerprint density at radius 2 is 1.88 bits per heavy atom. The van der Waals surface area contributed by atoms with Crippen molar-refractivity contribution in [2.75, 3.05) is 0 Å². The summed E-state index contributed by atoms with van der Waals surface area (Å²) >= 11 is 0. The Bertz CT molecular complexity index is 537. The molecule has 4 heteroatoms. The molecule has 0 radical (unpaired) electrons. The Labute approximate surface area is 97.6 Å². The number of aliphatic hydroxyl groups is 1. The van der Waals surface area contributed by atoms with Gasteiger partial charge in [-0.2, -0.15) is 0 Å². The zero-order chi connectivity index (χ0) is 12.3. The second-order valence-electron chi connectivity index (χ2n) is 3.58. The summed E-state index contributed by atoms with van der Waals surface area (Å²) < 4.78 is 12.7. The van der Waals surface area contributed by atoms with Crippen LogP contribution in [-0.4, -0.2) is 15.9 Å². The van der Waals surface area contributed by atoms with Crippen LogP contribution in [0.1, 0.15) is 21.5 Å². The second kappa shape index (κ2) is 4.84. The fourth-order valence-electron chi connectivity index (χ4n) is 1.47. The van der Waals surface area contributed by atoms with Gasteiger partial charge in [0.15, 0.2) is 5.78 Å². The zero-order valence-corrected chi connectivity index (χ0v) is 8.93. The lowest BCUT2D eigenvalue weighted by Crippen LogP contribution is -2.03. The third kappa shape index (κ3) is 2.54. The van der Waals surface area contributed by atoms with Crippen LogP contribution in [0.25, 0.3) is 0 Å². The summed E-state index contributed by atoms with van der Waals surface area (Å²) in [5, 5.41) is 8.95. The molecule has 3 nitrogen and oxygen atoms in total. The summed E-state index contributed by atoms with van der Waals surface area (Å²) in [7, 11) is 0. The van der Waals surface area contributed by atoms with E-state index < -0.39 is 0 Å². The molecular weight excluding hydrogens is 221 g/mol. The second-order valence-corrected chi connectivity index (χ2v) is 3.58. The van der Waals surface area contributed by atoms with Crippen LogP contribution >= 0.6 is 0 Å². The van der Waals surface area contributed by atoms with Crippen molar-refractivity contribution in [3.8, 4) is 0 Å². The summed E-state index contributed by atoms with van der Waals surface area (Å²) in [4.78, 5) is 15.8. The number of carbonyl (C=O) groups excluding carboxylic acids is 1. The van der Waals surface area contributed by atoms with Crippen LogP contribution in [-0.2, 0) is 6.61 Å². The van der Waals surface area contributed by atoms with E-state index in [4.69, 9.17) is 5.11 Å². The van der Waals surface area contributed by atoms with E-state index >= 15 is 0 Å². The first-order valence-electron chi connectivity index (χ1n) is 5.06. The third-order valence-electron chi connectivity index (χ3n) is 2.35. The summed E-state index contributed by atoms with van der Waals surface area (Å²) in [6.45, 7) is -0.169. The van der Waals surface area contributed by atoms with Crippen LogP contribution in [0.3, 0.4) is 0 Å². The molecule has 17 heavy (non-hydrogen) atoms. The number of hydrogen-bond acceptors (Lipinski definition) is 3. The van der Waals surface area contributed by atoms with Gasteiger partial charge in [0.2, 0.25) is 0 Å². The zero-order valence-electron chi connectivity index (χ0n) is 8.93. The fraction of sp³-hybridized carbons (Fsp3) is 0.0769. The minimum absolute atomic E-state index is 0.169. The summed E-state index contributed by atoms with van der Waals surface area (Å²) in [5.74, 6) is -0.628. The molecule has 0 aliphatic carbocycles. The molecule has 1 heterocycles. The van der Waals surface area contributed by atoms with E-state index in [1.807, 2.05) is 0 Å². The van der Waals surface area contributed by atoms with Crippen LogP contribution in [0, 0.1) is 5.82 Å². The highest BCUT2D eigenvalue weighted by atomic mass is 19.1. The summed E-state index contributed by atoms with van der Waals surface area (Å²) in [5.41, 5.74) is 1.34. The van der Waals surface area contributed by atoms with Crippen LogP contribution in [0.2, 0.25) is 0 Å². The van der Waals surface area contributed by atoms with Gasteiger partial charge >= 0.3 is 0 Å². The number of rotatable bonds is 3. The first-order chi connectivity index (χ1) is 8.20. The summed E-state index contributed by atoms with van der Waals surface area (Å²) in [6, 6.07) is 6.87. The van der Waals surface area contributed by atoms with E-state index in [0.717, 1.165) is 0 Å². The molecule has 0 aliphatic heterocycles. The molecule has 86 valence electrons. The van der Waals surface area contributed by atoms with Gasteiger partial charge in [0, 0.05) is 23.5 Å². The van der Waals surface area contributed by atoms with E-state index in [0.29, 0.717) is 16.7 Å². The topological polar surface area (TPSA) is 50.2 Å². The molecule has 0 aliphatic rings. The predicted molar refractivity (Wildman–Crippen MR) is 60.0 cm³/mol. The molecule has 1 N–H and O–H groups in total. The lowest BCUT2D eigenvalue weighted by atomic mass is 10.0. The van der Waals surface area contributed by atoms with Gasteiger partial charge in [-0.15, -0.1) is 0 Å². The van der Waals surface area contributed by atoms with Gasteiger partial charge in [-0.05, 0) is 35.9 Å². The number of pyridine rings is 1. The van der Waals surface area contributed by atoms with E-state index in [1.165, 1.54) is 36.7 Å². The molecule has 0 unspecified atom stereocenters. The molecule has 2 rings (SSSR count). The van der Waals surface area contributed by atoms with Crippen molar-refractivity contribution >= 4 is 5.78 Å². The van der Waals surface area contributed by atoms with Crippen molar-refractivity contribution in [1.29, 1.82) is 0 Å². The molecule has 1 aromatic heterocycles. The average Bonchev–Trinajstić information content (AvgIpc) is 2.39. The van der Waals surface area contributed by atoms with Gasteiger partial charge < -0.3 is 5.11 Å². The van der Waals surface area contributed by atoms with Crippen molar-refractivity contribution in [1.82, 2.24) is 4.98 Å². The smallest absolute Gasteiger partial charge is 0.194 e. The van der Waals surface area contributed by atoms with Crippen molar-refractivity contribution in [2.24, 2.45) is 0 Å². The quantitative estimate of drug-likeness (QED) is 0.821. The fourth-order valence-corrected chi connectivity index (χ4v) is 1.47. The lowest BCUT2D eigenvalue weighted by Gasteiger charge is -2.02. The Morgan fingerprint density at radius 1 is 1.18 bits per heavy atom. The minimum Gasteiger partial charge on any atom is -0.392 e. The molecule has 2 aromatic rings. The van der Waals surface area contributed by atoms with Gasteiger partial charge in [0.1, 0.15) is 5.82 Å². The standard InChI is InChI=1S/C13H10FNO2/c14-12-3-1-10(2-4-12)13(17)11-5-9(8-16)6-15-7-11/h1-7,16H,8H2. The maximum atomic E-state index is 12.7. The van der Waals surface area contributed by atoms with Gasteiger partial charge in [-0.25, -0.2) is 4.39 Å². The highest BCUT2D eigenvalue weighted by molar-refractivity contribution is 6.08. The molecule has 0 amide bonds. The largest absolute Gasteiger partial charge is 0.392 e. The van der Waals surface area contributed by atoms with Crippen LogP contribution in [0.5, 0.6) is 0 Å². The SMILES string of the molecule is O=C(c1ccc(F)cc1)c1cncc(CO)c1. The Hall–Kier alpha value is -2.07. The highest BCUT2D eigenvalue weighted by Gasteiger charge is 2.09. The molecule has 0 bridgehead atoms. The molecule has 0 spiro atoms. The van der Waals surface area contributed by atoms with Gasteiger partial charge in [-0.3, -0.25) is 9.78 Å². The van der Waals surface area contributed by atoms with Crippen molar-refractivity contribution in [3.63, 3.8) is 0 Å². The van der Waals surface area contributed by atoms with Crippen LogP contribution < -0.4 is 0 Å². The number of benzene rings is 1. The van der Waals surface area contributed by atoms with Gasteiger partial charge in [-0.1, -0.05) is 0 Å².